The summed E-state index contributed by atoms with van der Waals surface area (Å²) in [6, 6.07) is 17.6. The molecule has 0 spiro atoms. The minimum Gasteiger partial charge on any atom is -0.351 e. The highest BCUT2D eigenvalue weighted by molar-refractivity contribution is 6.10. The number of ketones is 9. The molecule has 0 unspecified atom stereocenters. The summed E-state index contributed by atoms with van der Waals surface area (Å²) in [7, 11) is 24.2. The molecule has 0 saturated heterocycles. The van der Waals surface area contributed by atoms with Gasteiger partial charge in [0, 0.05) is 262 Å². The van der Waals surface area contributed by atoms with E-state index in [-0.39, 0.29) is 182 Å². The number of nitrogens with one attached hydrogen (secondary N) is 7. The van der Waals surface area contributed by atoms with Gasteiger partial charge in [-0.3, -0.25) is 76.7 Å². The van der Waals surface area contributed by atoms with Gasteiger partial charge in [-0.25, -0.2) is 4.98 Å². The van der Waals surface area contributed by atoms with Crippen LogP contribution in [0.5, 0.6) is 0 Å². The number of hydrogen-bond acceptors (Lipinski definition) is 18. The van der Waals surface area contributed by atoms with Crippen LogP contribution in [0.25, 0.3) is 0 Å². The molecule has 0 saturated carbocycles. The molecule has 37 heteroatoms. The normalized spacial score (nSPS) is 11.3. The Morgan fingerprint density at radius 3 is 0.874 bits per heavy atom. The van der Waals surface area contributed by atoms with Gasteiger partial charge in [0.1, 0.15) is 45.8 Å². The Kier molecular flexibility index (Phi) is 31.9. The number of nitrogens with zero attached hydrogens (tertiary/aromatic N) is 14. The Bertz CT molecular complexity index is 6600. The molecule has 12 aromatic heterocycles. The number of imidazole rings is 1. The lowest BCUT2D eigenvalue weighted by Gasteiger charge is -2.08. The quantitative estimate of drug-likeness (QED) is 0.0138. The Balaban J connectivity index is 0.518. The van der Waals surface area contributed by atoms with Crippen molar-refractivity contribution in [3.63, 3.8) is 0 Å². The Morgan fingerprint density at radius 1 is 0.259 bits per heavy atom. The van der Waals surface area contributed by atoms with Gasteiger partial charge >= 0.3 is 0 Å². The van der Waals surface area contributed by atoms with Crippen LogP contribution in [-0.2, 0) is 142 Å². The summed E-state index contributed by atoms with van der Waals surface area (Å²) < 4.78 is 19.2. The molecule has 135 heavy (non-hydrogen) atoms. The molecule has 0 aliphatic heterocycles. The van der Waals surface area contributed by atoms with Crippen molar-refractivity contribution in [3.8, 4) is 0 Å². The molecular weight excluding hydrogens is 1730 g/mol. The molecule has 0 atom stereocenters. The molecule has 708 valence electrons. The fourth-order valence-corrected chi connectivity index (χ4v) is 16.6. The standard InChI is InChI=1S/C98H115N21O16/c1-107(2)30-16-15-20-71(120)21-17-24-85(123)74-36-62(51-109(74)4)40-89(127)78-38-64(53-113(78)8)42-87(125)76-34-60(49-111(76)6)32-72(121)22-18-25-86(124)75-37-63(52-110(75)5)41-90(128)79-39-65(54-114(79)9)43-88(126)77-35-61(50-112(77)7)33-73(122)23-19-27-100-93(130)80-45-67(56-115(80)10)103-96(133)83-47-69(58-118(83)13)105-95(132)82-44-66(55-117(82)12)102-91(129)26-28-101-94(131)81-46-68(57-116(81)11)104-97(134)84-48-70(59-119(84)14)106-98(135)92-99-29-31-108(92)3/h29,31,34-39,44-59H,15-28,30,32-33,40-43H2,1-14H3,(H,100,130)(H,101,131)(H,102,129)(H,103,133)(H,104,134)(H,105,132)(H,106,135). The highest BCUT2D eigenvalue weighted by Crippen LogP contribution is 2.27. The zero-order valence-corrected chi connectivity index (χ0v) is 78.5. The van der Waals surface area contributed by atoms with Crippen LogP contribution >= 0.6 is 0 Å². The van der Waals surface area contributed by atoms with Crippen molar-refractivity contribution in [1.82, 2.24) is 75.3 Å². The number of unbranched alkanes of at least 4 members (excludes halogenated alkanes) is 1. The van der Waals surface area contributed by atoms with E-state index in [1.165, 1.54) is 50.2 Å². The monoisotopic (exact) mass is 1840 g/mol. The van der Waals surface area contributed by atoms with Crippen LogP contribution in [0.2, 0.25) is 0 Å². The minimum absolute atomic E-state index is 0.0123. The lowest BCUT2D eigenvalue weighted by Crippen LogP contribution is -2.28. The summed E-state index contributed by atoms with van der Waals surface area (Å²) in [5, 5.41) is 19.3. The fourth-order valence-electron chi connectivity index (χ4n) is 16.6. The third-order valence-corrected chi connectivity index (χ3v) is 23.5. The van der Waals surface area contributed by atoms with Crippen LogP contribution in [0.1, 0.15) is 236 Å². The Morgan fingerprint density at radius 2 is 0.541 bits per heavy atom. The first-order valence-electron chi connectivity index (χ1n) is 44.4. The second-order valence-electron chi connectivity index (χ2n) is 35.0. The zero-order valence-electron chi connectivity index (χ0n) is 78.5. The van der Waals surface area contributed by atoms with Gasteiger partial charge in [0.15, 0.2) is 40.5 Å². The third-order valence-electron chi connectivity index (χ3n) is 23.5. The van der Waals surface area contributed by atoms with Gasteiger partial charge in [0.2, 0.25) is 5.91 Å². The molecule has 7 amide bonds. The molecule has 0 aliphatic carbocycles. The predicted octanol–water partition coefficient (Wildman–Crippen LogP) is 9.75. The number of aryl methyl sites for hydroxylation is 12. The highest BCUT2D eigenvalue weighted by atomic mass is 16.2. The van der Waals surface area contributed by atoms with Gasteiger partial charge in [-0.05, 0) is 153 Å². The first-order valence-corrected chi connectivity index (χ1v) is 44.4. The Labute approximate surface area is 779 Å². The van der Waals surface area contributed by atoms with Crippen molar-refractivity contribution in [3.05, 3.63) is 249 Å². The van der Waals surface area contributed by atoms with Crippen LogP contribution in [-0.4, -0.2) is 192 Å². The summed E-state index contributed by atoms with van der Waals surface area (Å²) in [4.78, 5) is 220. The number of Topliss-reactive ketones (excluding diaryl/α,β-unsaturated/α-hetero) is 9. The number of rotatable bonds is 49. The predicted molar refractivity (Wildman–Crippen MR) is 505 cm³/mol. The smallest absolute Gasteiger partial charge is 0.291 e. The molecule has 0 fully saturated rings. The van der Waals surface area contributed by atoms with Crippen LogP contribution in [0, 0.1) is 0 Å². The molecule has 12 rings (SSSR count). The number of hydrogen-bond donors (Lipinski definition) is 7. The molecule has 12 heterocycles. The fraction of sp³-hybridized carbons (Fsp3) is 0.357. The number of anilines is 5. The van der Waals surface area contributed by atoms with Crippen molar-refractivity contribution in [2.75, 3.05) is 60.3 Å². The number of aromatic nitrogens is 13. The first kappa shape index (κ1) is 98.6. The molecule has 12 aromatic rings. The number of carbonyl (C=O) groups excluding carboxylic acids is 16. The van der Waals surface area contributed by atoms with Crippen molar-refractivity contribution in [1.29, 1.82) is 0 Å². The maximum atomic E-state index is 13.8. The molecule has 0 bridgehead atoms. The van der Waals surface area contributed by atoms with E-state index in [0.717, 1.165) is 19.4 Å². The van der Waals surface area contributed by atoms with Crippen molar-refractivity contribution < 1.29 is 76.7 Å². The lowest BCUT2D eigenvalue weighted by molar-refractivity contribution is -0.119. The minimum atomic E-state index is -0.547. The maximum absolute atomic E-state index is 13.8. The summed E-state index contributed by atoms with van der Waals surface area (Å²) in [5.74, 6) is -4.43. The second kappa shape index (κ2) is 43.7. The average molecular weight is 1840 g/mol. The largest absolute Gasteiger partial charge is 0.351 e. The Hall–Kier alpha value is -15.4. The molecule has 0 aromatic carbocycles. The molecular formula is C98H115N21O16. The van der Waals surface area contributed by atoms with Crippen LogP contribution in [0.4, 0.5) is 28.4 Å². The van der Waals surface area contributed by atoms with Gasteiger partial charge in [0.25, 0.3) is 35.4 Å². The summed E-state index contributed by atoms with van der Waals surface area (Å²) in [5.41, 5.74) is 8.85. The topological polar surface area (TPSA) is 433 Å². The number of carbonyl (C=O) groups is 16. The van der Waals surface area contributed by atoms with Crippen LogP contribution in [0.15, 0.2) is 147 Å². The van der Waals surface area contributed by atoms with E-state index in [0.29, 0.717) is 116 Å². The van der Waals surface area contributed by atoms with Crippen molar-refractivity contribution in [2.45, 2.75) is 116 Å². The van der Waals surface area contributed by atoms with E-state index in [2.05, 4.69) is 47.1 Å². The summed E-state index contributed by atoms with van der Waals surface area (Å²) in [6.07, 6.45) is 25.6. The van der Waals surface area contributed by atoms with E-state index in [4.69, 9.17) is 0 Å². The van der Waals surface area contributed by atoms with Gasteiger partial charge in [-0.1, -0.05) is 0 Å². The van der Waals surface area contributed by atoms with E-state index in [1.807, 2.05) is 14.1 Å². The molecule has 0 aliphatic rings. The first-order chi connectivity index (χ1) is 64.2. The molecule has 0 radical (unpaired) electrons. The number of amides is 7. The highest BCUT2D eigenvalue weighted by Gasteiger charge is 2.28. The van der Waals surface area contributed by atoms with Gasteiger partial charge < -0.3 is 96.9 Å². The van der Waals surface area contributed by atoms with Crippen LogP contribution < -0.4 is 37.2 Å². The SMILES string of the molecule is CN(C)CCCCC(=O)CCCC(=O)c1cc(CC(=O)c2cc(CC(=O)c3cc(CC(=O)CCCC(=O)c4cc(CC(=O)c5cc(CC(=O)c6cc(CC(=O)CCCNC(=O)c7cc(NC(=O)c8cc(NC(=O)c9cc(NC(=O)CCNC(=O)c%10cc(NC(=O)c%11cc(NC(=O)c%12nccn%12C)cn%11C)cn%10C)cn9C)cn8C)cn7C)cn6C)cn5C)cn4C)cn3C)cn2C)cn1C. The second-order valence-corrected chi connectivity index (χ2v) is 35.0. The van der Waals surface area contributed by atoms with Crippen molar-refractivity contribution in [2.24, 2.45) is 84.6 Å². The van der Waals surface area contributed by atoms with Crippen molar-refractivity contribution >= 4 is 122 Å². The average Bonchev–Trinajstić information content (AvgIpc) is 1.80. The third kappa shape index (κ3) is 25.7. The van der Waals surface area contributed by atoms with Gasteiger partial charge in [0.05, 0.1) is 62.6 Å². The van der Waals surface area contributed by atoms with Crippen LogP contribution in [0.3, 0.4) is 0 Å². The zero-order chi connectivity index (χ0) is 97.5. The van der Waals surface area contributed by atoms with E-state index in [9.17, 15) is 76.7 Å². The van der Waals surface area contributed by atoms with Gasteiger partial charge in [-0.15, -0.1) is 0 Å². The van der Waals surface area contributed by atoms with E-state index in [1.54, 1.807) is 236 Å². The van der Waals surface area contributed by atoms with E-state index >= 15 is 0 Å². The van der Waals surface area contributed by atoms with Gasteiger partial charge in [-0.2, -0.15) is 0 Å². The summed E-state index contributed by atoms with van der Waals surface area (Å²) in [6.45, 7) is 1.04. The molecule has 7 N–H and O–H groups in total. The summed E-state index contributed by atoms with van der Waals surface area (Å²) >= 11 is 0. The maximum Gasteiger partial charge on any atom is 0.291 e. The van der Waals surface area contributed by atoms with E-state index < -0.39 is 41.4 Å². The lowest BCUT2D eigenvalue weighted by atomic mass is 10.0. The molecule has 37 nitrogen and oxygen atoms in total.